The van der Waals surface area contributed by atoms with Crippen LogP contribution in [0.5, 0.6) is 0 Å². The molecule has 1 amide bonds. The molecule has 0 fully saturated rings. The topological polar surface area (TPSA) is 79.2 Å². The summed E-state index contributed by atoms with van der Waals surface area (Å²) in [5, 5.41) is 5.87. The van der Waals surface area contributed by atoms with E-state index in [2.05, 4.69) is 34.6 Å². The fraction of sp³-hybridized carbons (Fsp3) is 0.138. The third-order valence-corrected chi connectivity index (χ3v) is 6.92. The Morgan fingerprint density at radius 2 is 1.78 bits per heavy atom. The molecule has 36 heavy (non-hydrogen) atoms. The Bertz CT molecular complexity index is 1750. The largest absolute Gasteiger partial charge is 0.326 e. The van der Waals surface area contributed by atoms with E-state index in [1.54, 1.807) is 16.7 Å². The van der Waals surface area contributed by atoms with E-state index in [1.807, 2.05) is 49.4 Å². The van der Waals surface area contributed by atoms with Crippen LogP contribution in [-0.4, -0.2) is 27.2 Å². The highest BCUT2D eigenvalue weighted by molar-refractivity contribution is 6.32. The van der Waals surface area contributed by atoms with Crippen LogP contribution >= 0.6 is 11.6 Å². The smallest absolute Gasteiger partial charge is 0.324 e. The zero-order valence-electron chi connectivity index (χ0n) is 19.6. The van der Waals surface area contributed by atoms with E-state index < -0.39 is 6.04 Å². The standard InChI is InChI=1S/C29H23ClN4O2/c1-2-34-26-12-9-20(15-24(26)33-29(34)36)27-22-16-21(30)10-11-23(22)32-28(35)25(31-27)14-17-7-8-18-5-3-4-6-19(18)13-17/h3-13,15-16,25H,2,14H2,1H3,(H,32,35)(H,33,36). The van der Waals surface area contributed by atoms with Gasteiger partial charge < -0.3 is 10.3 Å². The van der Waals surface area contributed by atoms with Gasteiger partial charge in [-0.3, -0.25) is 14.4 Å². The molecule has 5 aromatic rings. The molecule has 6 nitrogen and oxygen atoms in total. The van der Waals surface area contributed by atoms with E-state index in [1.165, 1.54) is 0 Å². The number of nitrogens with one attached hydrogen (secondary N) is 2. The molecule has 1 atom stereocenters. The summed E-state index contributed by atoms with van der Waals surface area (Å²) in [6, 6.07) is 24.9. The van der Waals surface area contributed by atoms with Crippen molar-refractivity contribution < 1.29 is 4.79 Å². The first-order valence-electron chi connectivity index (χ1n) is 11.9. The minimum absolute atomic E-state index is 0.151. The highest BCUT2D eigenvalue weighted by atomic mass is 35.5. The lowest BCUT2D eigenvalue weighted by Gasteiger charge is -2.12. The SMILES string of the molecule is CCn1c(=O)[nH]c2cc(C3=NC(Cc4ccc5ccccc5c4)C(=O)Nc4ccc(Cl)cc43)ccc21. The molecule has 0 aliphatic carbocycles. The Morgan fingerprint density at radius 1 is 0.944 bits per heavy atom. The second-order valence-electron chi connectivity index (χ2n) is 8.96. The third-order valence-electron chi connectivity index (χ3n) is 6.69. The van der Waals surface area contributed by atoms with Crippen molar-refractivity contribution in [2.45, 2.75) is 25.9 Å². The second kappa shape index (κ2) is 8.81. The van der Waals surface area contributed by atoms with Crippen LogP contribution < -0.4 is 11.0 Å². The number of amides is 1. The van der Waals surface area contributed by atoms with Crippen molar-refractivity contribution in [2.24, 2.45) is 4.99 Å². The highest BCUT2D eigenvalue weighted by Crippen LogP contribution is 2.29. The maximum absolute atomic E-state index is 13.3. The Morgan fingerprint density at radius 3 is 2.61 bits per heavy atom. The fourth-order valence-electron chi connectivity index (χ4n) is 4.90. The van der Waals surface area contributed by atoms with Crippen LogP contribution in [0.3, 0.4) is 0 Å². The summed E-state index contributed by atoms with van der Waals surface area (Å²) in [5.74, 6) is -0.173. The van der Waals surface area contributed by atoms with Crippen molar-refractivity contribution in [2.75, 3.05) is 5.32 Å². The maximum Gasteiger partial charge on any atom is 0.326 e. The molecule has 4 aromatic carbocycles. The fourth-order valence-corrected chi connectivity index (χ4v) is 5.08. The van der Waals surface area contributed by atoms with Gasteiger partial charge in [0.1, 0.15) is 6.04 Å². The molecule has 1 unspecified atom stereocenters. The summed E-state index contributed by atoms with van der Waals surface area (Å²) < 4.78 is 1.69. The lowest BCUT2D eigenvalue weighted by Crippen LogP contribution is -2.27. The Kier molecular flexibility index (Phi) is 5.46. The van der Waals surface area contributed by atoms with Crippen molar-refractivity contribution in [3.63, 3.8) is 0 Å². The molecule has 178 valence electrons. The number of benzene rings is 4. The van der Waals surface area contributed by atoms with Crippen LogP contribution in [0.2, 0.25) is 5.02 Å². The lowest BCUT2D eigenvalue weighted by molar-refractivity contribution is -0.117. The van der Waals surface area contributed by atoms with Gasteiger partial charge in [0.15, 0.2) is 0 Å². The summed E-state index contributed by atoms with van der Waals surface area (Å²) in [5.41, 5.74) is 5.29. The zero-order chi connectivity index (χ0) is 24.8. The molecular formula is C29H23ClN4O2. The van der Waals surface area contributed by atoms with E-state index >= 15 is 0 Å². The summed E-state index contributed by atoms with van der Waals surface area (Å²) in [6.07, 6.45) is 0.452. The van der Waals surface area contributed by atoms with Crippen molar-refractivity contribution in [3.8, 4) is 0 Å². The number of fused-ring (bicyclic) bond motifs is 3. The number of hydrogen-bond acceptors (Lipinski definition) is 3. The maximum atomic E-state index is 13.3. The van der Waals surface area contributed by atoms with Gasteiger partial charge in [-0.25, -0.2) is 4.79 Å². The molecule has 2 heterocycles. The first kappa shape index (κ1) is 22.3. The molecule has 0 bridgehead atoms. The normalized spacial score (nSPS) is 15.4. The molecule has 6 rings (SSSR count). The van der Waals surface area contributed by atoms with Gasteiger partial charge in [0.05, 0.1) is 22.4 Å². The first-order valence-corrected chi connectivity index (χ1v) is 12.3. The van der Waals surface area contributed by atoms with Crippen LogP contribution in [0.4, 0.5) is 5.69 Å². The molecule has 0 saturated carbocycles. The minimum atomic E-state index is -0.637. The molecule has 0 radical (unpaired) electrons. The number of imidazole rings is 1. The number of hydrogen-bond donors (Lipinski definition) is 2. The molecule has 1 aliphatic heterocycles. The van der Waals surface area contributed by atoms with Crippen LogP contribution in [-0.2, 0) is 17.8 Å². The van der Waals surface area contributed by atoms with Crippen molar-refractivity contribution in [3.05, 3.63) is 111 Å². The van der Waals surface area contributed by atoms with Gasteiger partial charge in [0, 0.05) is 29.1 Å². The van der Waals surface area contributed by atoms with Crippen LogP contribution in [0.25, 0.3) is 21.8 Å². The molecular weight excluding hydrogens is 472 g/mol. The molecule has 1 aromatic heterocycles. The average Bonchev–Trinajstić information content (AvgIpc) is 3.14. The Labute approximate surface area is 212 Å². The number of nitrogens with zero attached hydrogens (tertiary/aromatic N) is 2. The number of anilines is 1. The minimum Gasteiger partial charge on any atom is -0.324 e. The third kappa shape index (κ3) is 3.89. The molecule has 1 aliphatic rings. The number of H-pyrrole nitrogens is 1. The van der Waals surface area contributed by atoms with Crippen LogP contribution in [0, 0.1) is 0 Å². The van der Waals surface area contributed by atoms with Gasteiger partial charge in [-0.05, 0) is 53.6 Å². The van der Waals surface area contributed by atoms with Crippen LogP contribution in [0.15, 0.2) is 88.6 Å². The number of aryl methyl sites for hydroxylation is 1. The number of carbonyl (C=O) groups is 1. The first-order chi connectivity index (χ1) is 17.5. The Hall–Kier alpha value is -4.16. The average molecular weight is 495 g/mol. The molecule has 2 N–H and O–H groups in total. The number of aromatic amines is 1. The van der Waals surface area contributed by atoms with E-state index in [9.17, 15) is 9.59 Å². The number of carbonyl (C=O) groups excluding carboxylic acids is 1. The molecule has 7 heteroatoms. The van der Waals surface area contributed by atoms with E-state index in [0.717, 1.165) is 38.5 Å². The quantitative estimate of drug-likeness (QED) is 0.343. The van der Waals surface area contributed by atoms with Gasteiger partial charge in [-0.15, -0.1) is 0 Å². The summed E-state index contributed by atoms with van der Waals surface area (Å²) in [4.78, 5) is 33.6. The van der Waals surface area contributed by atoms with E-state index in [4.69, 9.17) is 16.6 Å². The van der Waals surface area contributed by atoms with Crippen LogP contribution in [0.1, 0.15) is 23.6 Å². The van der Waals surface area contributed by atoms with E-state index in [-0.39, 0.29) is 11.6 Å². The summed E-state index contributed by atoms with van der Waals surface area (Å²) in [7, 11) is 0. The van der Waals surface area contributed by atoms with Crippen molar-refractivity contribution in [1.82, 2.24) is 9.55 Å². The van der Waals surface area contributed by atoms with Crippen molar-refractivity contribution >= 4 is 50.7 Å². The zero-order valence-corrected chi connectivity index (χ0v) is 20.3. The second-order valence-corrected chi connectivity index (χ2v) is 9.40. The van der Waals surface area contributed by atoms with Gasteiger partial charge in [-0.2, -0.15) is 0 Å². The predicted octanol–water partition coefficient (Wildman–Crippen LogP) is 5.56. The van der Waals surface area contributed by atoms with Crippen molar-refractivity contribution in [1.29, 1.82) is 0 Å². The molecule has 0 saturated heterocycles. The number of rotatable bonds is 4. The number of halogens is 1. The molecule has 0 spiro atoms. The number of aliphatic imine (C=N–C) groups is 1. The predicted molar refractivity (Wildman–Crippen MR) is 145 cm³/mol. The summed E-state index contributed by atoms with van der Waals surface area (Å²) in [6.45, 7) is 2.51. The van der Waals surface area contributed by atoms with E-state index in [0.29, 0.717) is 29.4 Å². The van der Waals surface area contributed by atoms with Gasteiger partial charge >= 0.3 is 5.69 Å². The highest BCUT2D eigenvalue weighted by Gasteiger charge is 2.27. The lowest BCUT2D eigenvalue weighted by atomic mass is 9.99. The Balaban J connectivity index is 1.48. The van der Waals surface area contributed by atoms with Gasteiger partial charge in [-0.1, -0.05) is 60.1 Å². The summed E-state index contributed by atoms with van der Waals surface area (Å²) >= 11 is 6.36. The van der Waals surface area contributed by atoms with Gasteiger partial charge in [0.2, 0.25) is 5.91 Å². The van der Waals surface area contributed by atoms with Gasteiger partial charge in [0.25, 0.3) is 0 Å². The number of aromatic nitrogens is 2. The monoisotopic (exact) mass is 494 g/mol. The number of benzodiazepines with no additional fused rings is 1.